The number of likely N-dealkylation sites (tertiary alicyclic amines) is 1. The molecular formula is C40H44F2N4O7. The standard InChI is InChI=1S/C40H44F2N4O7/c1-39(2,3)53-38(50)44-17-15-30(26-8-5-7-24(19-26)25-9-10-27-22-43-35(47)31(27)20-25)32(23-44)36(48)46(28-11-12-28)29-13-14-34-33(21-29)45(16-6-18-51-4)37(49)40(41,42)52-34/h5,7-10,13-14,19-22,28,30,32,43,47H,6,11-12,15-18,23H2,1-4H3/t30-,32+/m1/s1. The van der Waals surface area contributed by atoms with Crippen molar-refractivity contribution < 1.29 is 42.5 Å². The molecule has 3 amide bonds. The number of aromatic hydroxyl groups is 1. The quantitative estimate of drug-likeness (QED) is 0.172. The Balaban J connectivity index is 1.25. The Morgan fingerprint density at radius 3 is 2.57 bits per heavy atom. The number of nitrogens with one attached hydrogen (secondary N) is 1. The van der Waals surface area contributed by atoms with Gasteiger partial charge in [-0.05, 0) is 93.3 Å². The number of hydrogen-bond donors (Lipinski definition) is 2. The lowest BCUT2D eigenvalue weighted by Gasteiger charge is -2.41. The number of carbonyl (C=O) groups excluding carboxylic acids is 3. The molecule has 280 valence electrons. The molecule has 2 aliphatic heterocycles. The lowest BCUT2D eigenvalue weighted by atomic mass is 9.78. The van der Waals surface area contributed by atoms with E-state index in [1.165, 1.54) is 13.2 Å². The van der Waals surface area contributed by atoms with E-state index in [9.17, 15) is 23.5 Å². The number of hydrogen-bond acceptors (Lipinski definition) is 7. The summed E-state index contributed by atoms with van der Waals surface area (Å²) >= 11 is 0. The van der Waals surface area contributed by atoms with Crippen LogP contribution in [0.4, 0.5) is 25.0 Å². The number of aromatic amines is 1. The third kappa shape index (κ3) is 7.39. The van der Waals surface area contributed by atoms with Crippen molar-refractivity contribution in [2.24, 2.45) is 5.92 Å². The van der Waals surface area contributed by atoms with Crippen molar-refractivity contribution in [3.8, 4) is 22.8 Å². The predicted octanol–water partition coefficient (Wildman–Crippen LogP) is 7.43. The first-order valence-electron chi connectivity index (χ1n) is 18.0. The first kappa shape index (κ1) is 36.2. The SMILES string of the molecule is COCCCN1C(=O)C(F)(F)Oc2ccc(N(C(=O)[C@H]3CN(C(=O)OC(C)(C)C)CC[C@@H]3c3cccc(-c4ccc5c[nH]c(O)c5c4)c3)C3CC3)cc21. The second kappa shape index (κ2) is 14.0. The van der Waals surface area contributed by atoms with E-state index < -0.39 is 29.6 Å². The first-order valence-corrected chi connectivity index (χ1v) is 18.0. The number of H-pyrrole nitrogens is 1. The maximum absolute atomic E-state index is 15.0. The second-order valence-electron chi connectivity index (χ2n) is 15.0. The topological polar surface area (TPSA) is 125 Å². The number of aromatic nitrogens is 1. The van der Waals surface area contributed by atoms with Crippen LogP contribution in [0.1, 0.15) is 57.9 Å². The van der Waals surface area contributed by atoms with Crippen LogP contribution in [-0.4, -0.2) is 84.0 Å². The van der Waals surface area contributed by atoms with E-state index in [-0.39, 0.29) is 54.9 Å². The Labute approximate surface area is 306 Å². The van der Waals surface area contributed by atoms with Crippen molar-refractivity contribution in [2.75, 3.05) is 43.2 Å². The maximum atomic E-state index is 15.0. The minimum Gasteiger partial charge on any atom is -0.494 e. The summed E-state index contributed by atoms with van der Waals surface area (Å²) in [6, 6.07) is 18.2. The van der Waals surface area contributed by atoms with Crippen LogP contribution in [0.3, 0.4) is 0 Å². The summed E-state index contributed by atoms with van der Waals surface area (Å²) in [5, 5.41) is 11.9. The number of rotatable bonds is 9. The van der Waals surface area contributed by atoms with Gasteiger partial charge in [0.25, 0.3) is 0 Å². The van der Waals surface area contributed by atoms with Crippen LogP contribution in [0.15, 0.2) is 66.9 Å². The molecule has 0 spiro atoms. The molecule has 2 N–H and O–H groups in total. The number of ether oxygens (including phenoxy) is 3. The van der Waals surface area contributed by atoms with E-state index in [4.69, 9.17) is 14.2 Å². The summed E-state index contributed by atoms with van der Waals surface area (Å²) in [7, 11) is 1.49. The molecule has 13 heteroatoms. The van der Waals surface area contributed by atoms with Gasteiger partial charge in [-0.2, -0.15) is 8.78 Å². The zero-order valence-electron chi connectivity index (χ0n) is 30.2. The fourth-order valence-electron chi connectivity index (χ4n) is 7.35. The number of benzene rings is 3. The molecular weight excluding hydrogens is 686 g/mol. The van der Waals surface area contributed by atoms with Crippen molar-refractivity contribution in [3.05, 3.63) is 72.4 Å². The molecule has 2 atom stereocenters. The van der Waals surface area contributed by atoms with Crippen LogP contribution in [0.5, 0.6) is 11.6 Å². The number of alkyl halides is 2. The summed E-state index contributed by atoms with van der Waals surface area (Å²) in [5.74, 6) is -2.72. The van der Waals surface area contributed by atoms with Crippen molar-refractivity contribution in [1.29, 1.82) is 0 Å². The van der Waals surface area contributed by atoms with E-state index in [1.807, 2.05) is 36.4 Å². The molecule has 3 aromatic carbocycles. The van der Waals surface area contributed by atoms with Crippen molar-refractivity contribution >= 4 is 40.1 Å². The molecule has 3 aliphatic rings. The highest BCUT2D eigenvalue weighted by Crippen LogP contribution is 2.45. The van der Waals surface area contributed by atoms with Crippen LogP contribution in [-0.2, 0) is 19.1 Å². The lowest BCUT2D eigenvalue weighted by molar-refractivity contribution is -0.192. The Bertz CT molecular complexity index is 2040. The maximum Gasteiger partial charge on any atom is 0.482 e. The molecule has 0 radical (unpaired) electrons. The monoisotopic (exact) mass is 730 g/mol. The number of amides is 3. The van der Waals surface area contributed by atoms with E-state index in [2.05, 4.69) is 11.1 Å². The Morgan fingerprint density at radius 2 is 1.83 bits per heavy atom. The zero-order chi connectivity index (χ0) is 37.7. The second-order valence-corrected chi connectivity index (χ2v) is 15.0. The van der Waals surface area contributed by atoms with Crippen LogP contribution in [0, 0.1) is 5.92 Å². The molecule has 4 aromatic rings. The van der Waals surface area contributed by atoms with Crippen LogP contribution in [0.25, 0.3) is 21.9 Å². The van der Waals surface area contributed by atoms with Crippen LogP contribution < -0.4 is 14.5 Å². The third-order valence-electron chi connectivity index (χ3n) is 10.0. The molecule has 1 saturated heterocycles. The molecule has 1 aromatic heterocycles. The molecule has 2 fully saturated rings. The van der Waals surface area contributed by atoms with Gasteiger partial charge in [0.1, 0.15) is 5.60 Å². The number of methoxy groups -OCH3 is 1. The van der Waals surface area contributed by atoms with Crippen molar-refractivity contribution in [1.82, 2.24) is 9.88 Å². The largest absolute Gasteiger partial charge is 0.494 e. The molecule has 1 saturated carbocycles. The summed E-state index contributed by atoms with van der Waals surface area (Å²) in [5.41, 5.74) is 2.61. The number of halogens is 2. The summed E-state index contributed by atoms with van der Waals surface area (Å²) in [6.07, 6.45) is -0.503. The highest BCUT2D eigenvalue weighted by atomic mass is 19.3. The van der Waals surface area contributed by atoms with E-state index >= 15 is 4.79 Å². The molecule has 0 bridgehead atoms. The van der Waals surface area contributed by atoms with Gasteiger partial charge in [0.05, 0.1) is 11.6 Å². The fraction of sp³-hybridized carbons (Fsp3) is 0.425. The normalized spacial score (nSPS) is 19.8. The van der Waals surface area contributed by atoms with E-state index in [0.29, 0.717) is 30.5 Å². The summed E-state index contributed by atoms with van der Waals surface area (Å²) < 4.78 is 45.0. The number of piperidine rings is 1. The van der Waals surface area contributed by atoms with Gasteiger partial charge in [-0.1, -0.05) is 36.4 Å². The smallest absolute Gasteiger partial charge is 0.482 e. The number of fused-ring (bicyclic) bond motifs is 2. The Morgan fingerprint density at radius 1 is 1.06 bits per heavy atom. The zero-order valence-corrected chi connectivity index (χ0v) is 30.2. The third-order valence-corrected chi connectivity index (χ3v) is 10.0. The molecule has 7 rings (SSSR count). The van der Waals surface area contributed by atoms with Gasteiger partial charge < -0.3 is 39.0 Å². The molecule has 0 unspecified atom stereocenters. The summed E-state index contributed by atoms with van der Waals surface area (Å²) in [6.45, 7) is 6.11. The van der Waals surface area contributed by atoms with Crippen LogP contribution >= 0.6 is 0 Å². The Kier molecular flexibility index (Phi) is 9.56. The van der Waals surface area contributed by atoms with Gasteiger partial charge >= 0.3 is 18.1 Å². The van der Waals surface area contributed by atoms with Gasteiger partial charge in [0, 0.05) is 62.0 Å². The van der Waals surface area contributed by atoms with Gasteiger partial charge in [-0.15, -0.1) is 0 Å². The molecule has 3 heterocycles. The minimum atomic E-state index is -4.03. The van der Waals surface area contributed by atoms with Gasteiger partial charge in [-0.25, -0.2) is 4.79 Å². The van der Waals surface area contributed by atoms with Gasteiger partial charge in [-0.3, -0.25) is 9.59 Å². The van der Waals surface area contributed by atoms with Crippen molar-refractivity contribution in [2.45, 2.75) is 70.1 Å². The molecule has 11 nitrogen and oxygen atoms in total. The molecule has 53 heavy (non-hydrogen) atoms. The van der Waals surface area contributed by atoms with Gasteiger partial charge in [0.15, 0.2) is 11.6 Å². The van der Waals surface area contributed by atoms with Crippen molar-refractivity contribution in [3.63, 3.8) is 0 Å². The number of anilines is 2. The van der Waals surface area contributed by atoms with E-state index in [1.54, 1.807) is 48.9 Å². The highest BCUT2D eigenvalue weighted by Gasteiger charge is 2.51. The summed E-state index contributed by atoms with van der Waals surface area (Å²) in [4.78, 5) is 48.4. The average molecular weight is 731 g/mol. The number of nitrogens with zero attached hydrogens (tertiary/aromatic N) is 3. The fourth-order valence-corrected chi connectivity index (χ4v) is 7.35. The predicted molar refractivity (Wildman–Crippen MR) is 195 cm³/mol. The highest BCUT2D eigenvalue weighted by molar-refractivity contribution is 6.03. The average Bonchev–Trinajstić information content (AvgIpc) is 3.89. The lowest BCUT2D eigenvalue weighted by Crippen LogP contribution is -2.52. The van der Waals surface area contributed by atoms with Gasteiger partial charge in [0.2, 0.25) is 5.91 Å². The molecule has 1 aliphatic carbocycles. The Hall–Kier alpha value is -5.17. The first-order chi connectivity index (χ1) is 25.2. The van der Waals surface area contributed by atoms with E-state index in [0.717, 1.165) is 39.8 Å². The minimum absolute atomic E-state index is 0.0258. The van der Waals surface area contributed by atoms with Crippen LogP contribution in [0.2, 0.25) is 0 Å². The number of carbonyl (C=O) groups is 3.